The van der Waals surface area contributed by atoms with Gasteiger partial charge in [-0.2, -0.15) is 0 Å². The van der Waals surface area contributed by atoms with Gasteiger partial charge < -0.3 is 4.90 Å². The first-order chi connectivity index (χ1) is 8.97. The molecule has 1 nitrogen and oxygen atoms in total. The van der Waals surface area contributed by atoms with Crippen molar-refractivity contribution in [2.45, 2.75) is 20.4 Å². The van der Waals surface area contributed by atoms with Crippen LogP contribution in [0, 0.1) is 13.8 Å². The van der Waals surface area contributed by atoms with E-state index in [1.807, 2.05) is 12.1 Å². The standard InChI is InChI=1S/C16H17BrClN/c1-11-4-7-16(12(2)8-11)19(3)10-13-5-6-14(17)9-15(13)18/h4-9H,10H2,1-3H3. The predicted molar refractivity (Wildman–Crippen MR) is 87.2 cm³/mol. The van der Waals surface area contributed by atoms with E-state index in [2.05, 4.69) is 66.0 Å². The molecule has 0 amide bonds. The number of benzene rings is 2. The van der Waals surface area contributed by atoms with Gasteiger partial charge in [0.15, 0.2) is 0 Å². The molecule has 19 heavy (non-hydrogen) atoms. The van der Waals surface area contributed by atoms with E-state index in [0.29, 0.717) is 0 Å². The molecule has 0 unspecified atom stereocenters. The molecular formula is C16H17BrClN. The molecule has 0 fully saturated rings. The molecule has 2 rings (SSSR count). The van der Waals surface area contributed by atoms with E-state index in [1.54, 1.807) is 0 Å². The van der Waals surface area contributed by atoms with Crippen molar-refractivity contribution in [3.8, 4) is 0 Å². The van der Waals surface area contributed by atoms with E-state index < -0.39 is 0 Å². The van der Waals surface area contributed by atoms with Crippen LogP contribution < -0.4 is 4.90 Å². The Labute approximate surface area is 128 Å². The number of nitrogens with zero attached hydrogens (tertiary/aromatic N) is 1. The van der Waals surface area contributed by atoms with Crippen molar-refractivity contribution in [2.24, 2.45) is 0 Å². The number of rotatable bonds is 3. The fourth-order valence-corrected chi connectivity index (χ4v) is 2.96. The SMILES string of the molecule is Cc1ccc(N(C)Cc2ccc(Br)cc2Cl)c(C)c1. The molecule has 3 heteroatoms. The van der Waals surface area contributed by atoms with E-state index in [1.165, 1.54) is 16.8 Å². The molecule has 0 saturated heterocycles. The van der Waals surface area contributed by atoms with E-state index in [-0.39, 0.29) is 0 Å². The lowest BCUT2D eigenvalue weighted by Crippen LogP contribution is -2.17. The summed E-state index contributed by atoms with van der Waals surface area (Å²) in [4.78, 5) is 2.23. The number of halogens is 2. The number of aryl methyl sites for hydroxylation is 2. The molecule has 100 valence electrons. The molecule has 0 aromatic heterocycles. The largest absolute Gasteiger partial charge is 0.370 e. The Balaban J connectivity index is 2.23. The molecule has 0 aliphatic carbocycles. The molecule has 0 atom stereocenters. The van der Waals surface area contributed by atoms with Gasteiger partial charge in [0.2, 0.25) is 0 Å². The van der Waals surface area contributed by atoms with Crippen molar-refractivity contribution in [3.63, 3.8) is 0 Å². The lowest BCUT2D eigenvalue weighted by atomic mass is 10.1. The number of hydrogen-bond acceptors (Lipinski definition) is 1. The fraction of sp³-hybridized carbons (Fsp3) is 0.250. The van der Waals surface area contributed by atoms with Gasteiger partial charge in [-0.05, 0) is 43.2 Å². The van der Waals surface area contributed by atoms with E-state index >= 15 is 0 Å². The van der Waals surface area contributed by atoms with Crippen molar-refractivity contribution < 1.29 is 0 Å². The van der Waals surface area contributed by atoms with E-state index in [0.717, 1.165) is 21.6 Å². The normalized spacial score (nSPS) is 10.6. The van der Waals surface area contributed by atoms with Crippen molar-refractivity contribution in [2.75, 3.05) is 11.9 Å². The van der Waals surface area contributed by atoms with Gasteiger partial charge in [0.25, 0.3) is 0 Å². The fourth-order valence-electron chi connectivity index (χ4n) is 2.22. The third-order valence-corrected chi connectivity index (χ3v) is 4.03. The lowest BCUT2D eigenvalue weighted by molar-refractivity contribution is 0.916. The van der Waals surface area contributed by atoms with Crippen LogP contribution in [-0.4, -0.2) is 7.05 Å². The Morgan fingerprint density at radius 2 is 1.84 bits per heavy atom. The van der Waals surface area contributed by atoms with Crippen molar-refractivity contribution in [1.29, 1.82) is 0 Å². The highest BCUT2D eigenvalue weighted by molar-refractivity contribution is 9.10. The first kappa shape index (κ1) is 14.4. The Morgan fingerprint density at radius 1 is 1.11 bits per heavy atom. The minimum atomic E-state index is 0.797. The highest BCUT2D eigenvalue weighted by atomic mass is 79.9. The highest BCUT2D eigenvalue weighted by Gasteiger charge is 2.08. The van der Waals surface area contributed by atoms with Gasteiger partial charge in [-0.25, -0.2) is 0 Å². The molecule has 0 bridgehead atoms. The second kappa shape index (κ2) is 5.98. The van der Waals surface area contributed by atoms with Crippen LogP contribution in [0.3, 0.4) is 0 Å². The van der Waals surface area contributed by atoms with Gasteiger partial charge >= 0.3 is 0 Å². The summed E-state index contributed by atoms with van der Waals surface area (Å²) >= 11 is 9.70. The summed E-state index contributed by atoms with van der Waals surface area (Å²) in [5.41, 5.74) is 4.95. The molecule has 0 radical (unpaired) electrons. The summed E-state index contributed by atoms with van der Waals surface area (Å²) in [6, 6.07) is 12.5. The molecule has 0 saturated carbocycles. The number of hydrogen-bond donors (Lipinski definition) is 0. The first-order valence-electron chi connectivity index (χ1n) is 6.19. The molecule has 0 aliphatic rings. The molecule has 2 aromatic rings. The zero-order chi connectivity index (χ0) is 14.0. The molecule has 0 spiro atoms. The average Bonchev–Trinajstić information content (AvgIpc) is 2.32. The van der Waals surface area contributed by atoms with Crippen LogP contribution in [0.2, 0.25) is 5.02 Å². The Hall–Kier alpha value is -0.990. The monoisotopic (exact) mass is 337 g/mol. The van der Waals surface area contributed by atoms with Crippen LogP contribution in [0.25, 0.3) is 0 Å². The minimum absolute atomic E-state index is 0.797. The summed E-state index contributed by atoms with van der Waals surface area (Å²) < 4.78 is 1.01. The lowest BCUT2D eigenvalue weighted by Gasteiger charge is -2.22. The maximum atomic E-state index is 6.27. The maximum Gasteiger partial charge on any atom is 0.0467 e. The van der Waals surface area contributed by atoms with Gasteiger partial charge in [0.1, 0.15) is 0 Å². The summed E-state index contributed by atoms with van der Waals surface area (Å²) in [7, 11) is 2.09. The Morgan fingerprint density at radius 3 is 2.47 bits per heavy atom. The molecule has 0 N–H and O–H groups in total. The minimum Gasteiger partial charge on any atom is -0.370 e. The summed E-state index contributed by atoms with van der Waals surface area (Å²) in [6.07, 6.45) is 0. The highest BCUT2D eigenvalue weighted by Crippen LogP contribution is 2.26. The third-order valence-electron chi connectivity index (χ3n) is 3.19. The summed E-state index contributed by atoms with van der Waals surface area (Å²) in [5.74, 6) is 0. The van der Waals surface area contributed by atoms with Crippen molar-refractivity contribution >= 4 is 33.2 Å². The van der Waals surface area contributed by atoms with Crippen LogP contribution in [0.1, 0.15) is 16.7 Å². The van der Waals surface area contributed by atoms with Gasteiger partial charge in [-0.3, -0.25) is 0 Å². The zero-order valence-corrected chi connectivity index (χ0v) is 13.7. The molecule has 0 aliphatic heterocycles. The van der Waals surface area contributed by atoms with E-state index in [9.17, 15) is 0 Å². The van der Waals surface area contributed by atoms with Gasteiger partial charge in [-0.15, -0.1) is 0 Å². The van der Waals surface area contributed by atoms with Crippen LogP contribution in [0.15, 0.2) is 40.9 Å². The van der Waals surface area contributed by atoms with Crippen LogP contribution in [0.4, 0.5) is 5.69 Å². The second-order valence-corrected chi connectivity index (χ2v) is 6.20. The van der Waals surface area contributed by atoms with Gasteiger partial charge in [-0.1, -0.05) is 51.3 Å². The number of anilines is 1. The quantitative estimate of drug-likeness (QED) is 0.728. The summed E-state index contributed by atoms with van der Waals surface area (Å²) in [5, 5.41) is 0.797. The molecular weight excluding hydrogens is 322 g/mol. The Bertz CT molecular complexity index is 595. The second-order valence-electron chi connectivity index (χ2n) is 4.88. The topological polar surface area (TPSA) is 3.24 Å². The van der Waals surface area contributed by atoms with Gasteiger partial charge in [0.05, 0.1) is 0 Å². The molecule has 0 heterocycles. The maximum absolute atomic E-state index is 6.27. The van der Waals surface area contributed by atoms with Gasteiger partial charge in [0, 0.05) is 28.8 Å². The summed E-state index contributed by atoms with van der Waals surface area (Å²) in [6.45, 7) is 5.06. The van der Waals surface area contributed by atoms with Crippen molar-refractivity contribution in [1.82, 2.24) is 0 Å². The van der Waals surface area contributed by atoms with Crippen LogP contribution in [-0.2, 0) is 6.54 Å². The third kappa shape index (κ3) is 3.52. The average molecular weight is 339 g/mol. The first-order valence-corrected chi connectivity index (χ1v) is 7.37. The Kier molecular flexibility index (Phi) is 4.54. The smallest absolute Gasteiger partial charge is 0.0467 e. The van der Waals surface area contributed by atoms with Crippen LogP contribution in [0.5, 0.6) is 0 Å². The van der Waals surface area contributed by atoms with E-state index in [4.69, 9.17) is 11.6 Å². The van der Waals surface area contributed by atoms with Crippen molar-refractivity contribution in [3.05, 3.63) is 62.6 Å². The zero-order valence-electron chi connectivity index (χ0n) is 11.4. The predicted octanol–water partition coefficient (Wildman–Crippen LogP) is 5.36. The molecule has 2 aromatic carbocycles. The van der Waals surface area contributed by atoms with Crippen LogP contribution >= 0.6 is 27.5 Å².